The second kappa shape index (κ2) is 7.69. The Kier molecular flexibility index (Phi) is 5.48. The summed E-state index contributed by atoms with van der Waals surface area (Å²) in [6.45, 7) is -0.371. The zero-order chi connectivity index (χ0) is 20.5. The van der Waals surface area contributed by atoms with Crippen molar-refractivity contribution in [3.8, 4) is 0 Å². The fourth-order valence-electron chi connectivity index (χ4n) is 3.99. The number of piperidine rings is 1. The molecule has 2 bridgehead atoms. The second-order valence-electron chi connectivity index (χ2n) is 7.07. The average molecular weight is 399 g/mol. The van der Waals surface area contributed by atoms with Crippen LogP contribution in [0.3, 0.4) is 0 Å². The van der Waals surface area contributed by atoms with E-state index in [2.05, 4.69) is 10.6 Å². The van der Waals surface area contributed by atoms with Gasteiger partial charge in [0.05, 0.1) is 12.1 Å². The summed E-state index contributed by atoms with van der Waals surface area (Å²) in [7, 11) is 0. The Labute approximate surface area is 158 Å². The maximum atomic E-state index is 12.7. The van der Waals surface area contributed by atoms with E-state index in [1.165, 1.54) is 11.0 Å². The third-order valence-electron chi connectivity index (χ3n) is 5.18. The molecule has 1 aromatic rings. The van der Waals surface area contributed by atoms with Gasteiger partial charge in [0.25, 0.3) is 5.91 Å². The standard InChI is InChI=1S/C18H20F3N3O4/c19-18(20,21)11-3-1-2-10(6-11)16(26)22-9-15(25)23-12-7-13-4-5-14(8-12)24(13)17(27)28/h1-3,6,12-14H,4-5,7-9H2,(H,22,26)(H,23,25)(H,27,28)/t12-,13-,14+. The molecular weight excluding hydrogens is 379 g/mol. The number of carboxylic acid groups (broad SMARTS) is 1. The average Bonchev–Trinajstić information content (AvgIpc) is 2.90. The monoisotopic (exact) mass is 399 g/mol. The molecule has 3 amide bonds. The number of hydrogen-bond donors (Lipinski definition) is 3. The van der Waals surface area contributed by atoms with E-state index in [0.29, 0.717) is 12.8 Å². The van der Waals surface area contributed by atoms with E-state index in [1.807, 2.05) is 0 Å². The number of fused-ring (bicyclic) bond motifs is 2. The fraction of sp³-hybridized carbons (Fsp3) is 0.500. The molecule has 0 saturated carbocycles. The lowest BCUT2D eigenvalue weighted by molar-refractivity contribution is -0.137. The van der Waals surface area contributed by atoms with Gasteiger partial charge in [-0.15, -0.1) is 0 Å². The van der Waals surface area contributed by atoms with Gasteiger partial charge in [-0.3, -0.25) is 9.59 Å². The summed E-state index contributed by atoms with van der Waals surface area (Å²) in [6.07, 6.45) is -2.97. The topological polar surface area (TPSA) is 98.7 Å². The maximum absolute atomic E-state index is 12.7. The molecule has 7 nitrogen and oxygen atoms in total. The van der Waals surface area contributed by atoms with Gasteiger partial charge in [0, 0.05) is 23.7 Å². The van der Waals surface area contributed by atoms with E-state index in [9.17, 15) is 32.7 Å². The van der Waals surface area contributed by atoms with E-state index < -0.39 is 29.6 Å². The molecule has 3 N–H and O–H groups in total. The highest BCUT2D eigenvalue weighted by atomic mass is 19.4. The van der Waals surface area contributed by atoms with Crippen molar-refractivity contribution in [1.82, 2.24) is 15.5 Å². The van der Waals surface area contributed by atoms with Crippen LogP contribution in [0.2, 0.25) is 0 Å². The first-order chi connectivity index (χ1) is 13.1. The SMILES string of the molecule is O=C(CNC(=O)c1cccc(C(F)(F)F)c1)N[C@@H]1C[C@H]2CC[C@@H](C1)N2C(=O)O. The molecule has 3 rings (SSSR count). The number of rotatable bonds is 4. The Balaban J connectivity index is 1.50. The van der Waals surface area contributed by atoms with Crippen LogP contribution >= 0.6 is 0 Å². The lowest BCUT2D eigenvalue weighted by atomic mass is 9.98. The van der Waals surface area contributed by atoms with Gasteiger partial charge in [-0.05, 0) is 43.9 Å². The summed E-state index contributed by atoms with van der Waals surface area (Å²) in [6, 6.07) is 3.52. The second-order valence-corrected chi connectivity index (χ2v) is 7.07. The molecule has 2 aliphatic rings. The first-order valence-corrected chi connectivity index (χ1v) is 8.91. The molecule has 0 unspecified atom stereocenters. The van der Waals surface area contributed by atoms with Crippen molar-refractivity contribution in [1.29, 1.82) is 0 Å². The lowest BCUT2D eigenvalue weighted by Crippen LogP contribution is -2.53. The number of nitrogens with one attached hydrogen (secondary N) is 2. The zero-order valence-corrected chi connectivity index (χ0v) is 14.8. The Morgan fingerprint density at radius 3 is 2.36 bits per heavy atom. The zero-order valence-electron chi connectivity index (χ0n) is 14.8. The minimum absolute atomic E-state index is 0.124. The lowest BCUT2D eigenvalue weighted by Gasteiger charge is -2.37. The van der Waals surface area contributed by atoms with Gasteiger partial charge in [-0.2, -0.15) is 13.2 Å². The van der Waals surface area contributed by atoms with Crippen molar-refractivity contribution in [2.45, 2.75) is 50.0 Å². The molecule has 28 heavy (non-hydrogen) atoms. The Bertz CT molecular complexity index is 770. The van der Waals surface area contributed by atoms with Crippen LogP contribution in [0.4, 0.5) is 18.0 Å². The molecule has 10 heteroatoms. The largest absolute Gasteiger partial charge is 0.465 e. The van der Waals surface area contributed by atoms with Crippen LogP contribution in [0.15, 0.2) is 24.3 Å². The van der Waals surface area contributed by atoms with Crippen LogP contribution in [0.5, 0.6) is 0 Å². The van der Waals surface area contributed by atoms with Crippen LogP contribution in [0.25, 0.3) is 0 Å². The molecule has 0 radical (unpaired) electrons. The summed E-state index contributed by atoms with van der Waals surface area (Å²) in [5, 5.41) is 14.3. The maximum Gasteiger partial charge on any atom is 0.416 e. The van der Waals surface area contributed by atoms with Crippen LogP contribution in [0.1, 0.15) is 41.6 Å². The van der Waals surface area contributed by atoms with Crippen LogP contribution < -0.4 is 10.6 Å². The van der Waals surface area contributed by atoms with Crippen molar-refractivity contribution in [2.75, 3.05) is 6.54 Å². The van der Waals surface area contributed by atoms with Crippen molar-refractivity contribution < 1.29 is 32.7 Å². The first kappa shape index (κ1) is 20.0. The third-order valence-corrected chi connectivity index (χ3v) is 5.18. The van der Waals surface area contributed by atoms with Gasteiger partial charge in [-0.25, -0.2) is 4.79 Å². The summed E-state index contributed by atoms with van der Waals surface area (Å²) >= 11 is 0. The number of carbonyl (C=O) groups excluding carboxylic acids is 2. The first-order valence-electron chi connectivity index (χ1n) is 8.91. The molecule has 2 saturated heterocycles. The molecule has 2 heterocycles. The van der Waals surface area contributed by atoms with E-state index in [-0.39, 0.29) is 30.2 Å². The highest BCUT2D eigenvalue weighted by Crippen LogP contribution is 2.35. The highest BCUT2D eigenvalue weighted by molar-refractivity contribution is 5.96. The third kappa shape index (κ3) is 4.37. The van der Waals surface area contributed by atoms with Crippen LogP contribution in [-0.4, -0.2) is 52.6 Å². The Morgan fingerprint density at radius 1 is 1.14 bits per heavy atom. The van der Waals surface area contributed by atoms with Gasteiger partial charge in [0.1, 0.15) is 0 Å². The van der Waals surface area contributed by atoms with Gasteiger partial charge in [0.15, 0.2) is 0 Å². The summed E-state index contributed by atoms with van der Waals surface area (Å²) in [5.74, 6) is -1.24. The number of nitrogens with zero attached hydrogens (tertiary/aromatic N) is 1. The van der Waals surface area contributed by atoms with Crippen molar-refractivity contribution in [3.05, 3.63) is 35.4 Å². The van der Waals surface area contributed by atoms with Crippen LogP contribution in [-0.2, 0) is 11.0 Å². The number of alkyl halides is 3. The van der Waals surface area contributed by atoms with Crippen molar-refractivity contribution >= 4 is 17.9 Å². The Morgan fingerprint density at radius 2 is 1.79 bits per heavy atom. The molecule has 2 aliphatic heterocycles. The molecule has 0 spiro atoms. The van der Waals surface area contributed by atoms with E-state index in [1.54, 1.807) is 0 Å². The molecular formula is C18H20F3N3O4. The molecule has 3 atom stereocenters. The number of benzene rings is 1. The van der Waals surface area contributed by atoms with Gasteiger partial charge >= 0.3 is 12.3 Å². The molecule has 0 aromatic heterocycles. The number of halogens is 3. The van der Waals surface area contributed by atoms with Crippen molar-refractivity contribution in [2.24, 2.45) is 0 Å². The van der Waals surface area contributed by atoms with Crippen molar-refractivity contribution in [3.63, 3.8) is 0 Å². The van der Waals surface area contributed by atoms with Gasteiger partial charge < -0.3 is 20.6 Å². The summed E-state index contributed by atoms with van der Waals surface area (Å²) in [4.78, 5) is 36.8. The van der Waals surface area contributed by atoms with E-state index in [0.717, 1.165) is 31.0 Å². The molecule has 1 aromatic carbocycles. The predicted molar refractivity (Wildman–Crippen MR) is 91.6 cm³/mol. The Hall–Kier alpha value is -2.78. The molecule has 0 aliphatic carbocycles. The van der Waals surface area contributed by atoms with Crippen LogP contribution in [0, 0.1) is 0 Å². The van der Waals surface area contributed by atoms with E-state index >= 15 is 0 Å². The number of carbonyl (C=O) groups is 3. The van der Waals surface area contributed by atoms with Gasteiger partial charge in [0.2, 0.25) is 5.91 Å². The molecule has 152 valence electrons. The van der Waals surface area contributed by atoms with E-state index in [4.69, 9.17) is 0 Å². The minimum atomic E-state index is -4.56. The highest BCUT2D eigenvalue weighted by Gasteiger charge is 2.43. The smallest absolute Gasteiger partial charge is 0.416 e. The minimum Gasteiger partial charge on any atom is -0.465 e. The quantitative estimate of drug-likeness (QED) is 0.723. The predicted octanol–water partition coefficient (Wildman–Crippen LogP) is 2.22. The fourth-order valence-corrected chi connectivity index (χ4v) is 3.99. The summed E-state index contributed by atoms with van der Waals surface area (Å²) < 4.78 is 38.1. The molecule has 2 fully saturated rings. The number of hydrogen-bond acceptors (Lipinski definition) is 3. The summed E-state index contributed by atoms with van der Waals surface area (Å²) in [5.41, 5.74) is -1.12. The number of amides is 3. The van der Waals surface area contributed by atoms with Gasteiger partial charge in [-0.1, -0.05) is 6.07 Å². The normalized spacial score (nSPS) is 24.0.